The number of benzene rings is 5. The van der Waals surface area contributed by atoms with Crippen LogP contribution >= 0.6 is 46.6 Å². The molecular weight excluding hydrogens is 680 g/mol. The maximum atomic E-state index is 14.7. The zero-order chi connectivity index (χ0) is 33.3. The second kappa shape index (κ2) is 15.8. The molecule has 0 saturated heterocycles. The molecule has 47 heavy (non-hydrogen) atoms. The summed E-state index contributed by atoms with van der Waals surface area (Å²) >= 11 is 20.0. The predicted molar refractivity (Wildman–Crippen MR) is 188 cm³/mol. The highest BCUT2D eigenvalue weighted by Crippen LogP contribution is 2.38. The van der Waals surface area contributed by atoms with E-state index in [-0.39, 0.29) is 27.2 Å². The second-order valence-electron chi connectivity index (χ2n) is 9.99. The van der Waals surface area contributed by atoms with Crippen molar-refractivity contribution in [1.29, 1.82) is 0 Å². The summed E-state index contributed by atoms with van der Waals surface area (Å²) in [6, 6.07) is 33.4. The Morgan fingerprint density at radius 3 is 2.11 bits per heavy atom. The van der Waals surface area contributed by atoms with E-state index in [9.17, 15) is 18.8 Å². The number of carbonyl (C=O) groups excluding carboxylic acids is 3. The van der Waals surface area contributed by atoms with Crippen LogP contribution in [0.4, 0.5) is 15.8 Å². The first-order chi connectivity index (χ1) is 22.7. The lowest BCUT2D eigenvalue weighted by Gasteiger charge is -2.18. The van der Waals surface area contributed by atoms with Crippen LogP contribution in [0.25, 0.3) is 6.08 Å². The zero-order valence-corrected chi connectivity index (χ0v) is 27.4. The van der Waals surface area contributed by atoms with Crippen molar-refractivity contribution >= 4 is 81.7 Å². The molecule has 0 fully saturated rings. The largest absolute Gasteiger partial charge is 0.323 e. The SMILES string of the molecule is O=C(Nc1cccc(SC(C(=O)Nc2cccc(Cl)c2Cl)c2ccccc2)c1)/C(=C\c1c(F)cccc1Cl)NC(=O)c1ccccc1. The summed E-state index contributed by atoms with van der Waals surface area (Å²) < 4.78 is 14.7. The average Bonchev–Trinajstić information content (AvgIpc) is 3.07. The summed E-state index contributed by atoms with van der Waals surface area (Å²) in [6.07, 6.45) is 1.18. The predicted octanol–water partition coefficient (Wildman–Crippen LogP) is 9.67. The minimum atomic E-state index is -0.719. The molecule has 5 aromatic rings. The number of carbonyl (C=O) groups is 3. The van der Waals surface area contributed by atoms with Crippen molar-refractivity contribution in [2.75, 3.05) is 10.6 Å². The van der Waals surface area contributed by atoms with E-state index in [1.54, 1.807) is 72.8 Å². The fraction of sp³-hybridized carbons (Fsp3) is 0.0278. The highest BCUT2D eigenvalue weighted by molar-refractivity contribution is 8.00. The van der Waals surface area contributed by atoms with Crippen LogP contribution in [0.15, 0.2) is 132 Å². The number of rotatable bonds is 10. The van der Waals surface area contributed by atoms with E-state index in [2.05, 4.69) is 16.0 Å². The van der Waals surface area contributed by atoms with E-state index < -0.39 is 22.9 Å². The minimum Gasteiger partial charge on any atom is -0.323 e. The van der Waals surface area contributed by atoms with Crippen molar-refractivity contribution in [3.05, 3.63) is 165 Å². The average molecular weight is 705 g/mol. The Morgan fingerprint density at radius 1 is 0.723 bits per heavy atom. The van der Waals surface area contributed by atoms with Crippen molar-refractivity contribution in [2.24, 2.45) is 0 Å². The van der Waals surface area contributed by atoms with Gasteiger partial charge in [0.2, 0.25) is 5.91 Å². The van der Waals surface area contributed by atoms with Crippen molar-refractivity contribution in [3.8, 4) is 0 Å². The van der Waals surface area contributed by atoms with Crippen LogP contribution in [0.5, 0.6) is 0 Å². The van der Waals surface area contributed by atoms with Gasteiger partial charge in [0.15, 0.2) is 0 Å². The Labute approximate surface area is 289 Å². The van der Waals surface area contributed by atoms with Gasteiger partial charge in [0, 0.05) is 21.7 Å². The topological polar surface area (TPSA) is 87.3 Å². The van der Waals surface area contributed by atoms with E-state index in [0.717, 1.165) is 5.56 Å². The second-order valence-corrected chi connectivity index (χ2v) is 12.4. The molecule has 0 aromatic heterocycles. The van der Waals surface area contributed by atoms with Crippen molar-refractivity contribution < 1.29 is 18.8 Å². The number of halogens is 4. The van der Waals surface area contributed by atoms with E-state index in [1.807, 2.05) is 30.3 Å². The number of hydrogen-bond acceptors (Lipinski definition) is 4. The van der Waals surface area contributed by atoms with E-state index in [0.29, 0.717) is 26.9 Å². The number of thioether (sulfide) groups is 1. The molecule has 0 heterocycles. The molecule has 0 saturated carbocycles. The van der Waals surface area contributed by atoms with Gasteiger partial charge in [-0.15, -0.1) is 11.8 Å². The molecule has 236 valence electrons. The van der Waals surface area contributed by atoms with Crippen LogP contribution in [0.2, 0.25) is 15.1 Å². The molecule has 1 atom stereocenters. The molecule has 0 bridgehead atoms. The Kier molecular flexibility index (Phi) is 11.3. The fourth-order valence-corrected chi connectivity index (χ4v) is 6.07. The first-order valence-electron chi connectivity index (χ1n) is 14.1. The van der Waals surface area contributed by atoms with Crippen LogP contribution < -0.4 is 16.0 Å². The molecule has 3 amide bonds. The monoisotopic (exact) mass is 703 g/mol. The molecule has 5 rings (SSSR count). The van der Waals surface area contributed by atoms with Crippen LogP contribution in [-0.2, 0) is 9.59 Å². The van der Waals surface area contributed by atoms with Gasteiger partial charge < -0.3 is 16.0 Å². The lowest BCUT2D eigenvalue weighted by atomic mass is 10.1. The third-order valence-electron chi connectivity index (χ3n) is 6.71. The van der Waals surface area contributed by atoms with Gasteiger partial charge in [0.25, 0.3) is 11.8 Å². The molecule has 0 aliphatic carbocycles. The lowest BCUT2D eigenvalue weighted by molar-refractivity contribution is -0.116. The quantitative estimate of drug-likeness (QED) is 0.0998. The molecule has 3 N–H and O–H groups in total. The van der Waals surface area contributed by atoms with E-state index >= 15 is 0 Å². The van der Waals surface area contributed by atoms with Gasteiger partial charge in [-0.25, -0.2) is 4.39 Å². The fourth-order valence-electron chi connectivity index (χ4n) is 4.42. The maximum Gasteiger partial charge on any atom is 0.272 e. The molecule has 0 spiro atoms. The summed E-state index contributed by atoms with van der Waals surface area (Å²) in [5.41, 5.74) is 1.48. The normalized spacial score (nSPS) is 11.8. The number of hydrogen-bond donors (Lipinski definition) is 3. The maximum absolute atomic E-state index is 14.7. The van der Waals surface area contributed by atoms with Crippen molar-refractivity contribution in [2.45, 2.75) is 10.1 Å². The zero-order valence-electron chi connectivity index (χ0n) is 24.3. The highest BCUT2D eigenvalue weighted by Gasteiger charge is 2.24. The van der Waals surface area contributed by atoms with Gasteiger partial charge in [-0.1, -0.05) is 102 Å². The number of anilines is 2. The van der Waals surface area contributed by atoms with Crippen molar-refractivity contribution in [1.82, 2.24) is 5.32 Å². The standard InChI is InChI=1S/C36H25Cl3FN3O3S/c37-27-16-8-18-29(40)26(27)21-31(43-34(44)23-12-5-2-6-13-23)35(45)41-24-14-7-15-25(20-24)47-33(22-10-3-1-4-11-22)36(46)42-30-19-9-17-28(38)32(30)39/h1-21,33H,(H,41,45)(H,42,46)(H,43,44)/b31-21+. The minimum absolute atomic E-state index is 0.0616. The first kappa shape index (κ1) is 33.8. The molecule has 11 heteroatoms. The van der Waals surface area contributed by atoms with Gasteiger partial charge in [-0.3, -0.25) is 14.4 Å². The van der Waals surface area contributed by atoms with Crippen LogP contribution in [0.3, 0.4) is 0 Å². The van der Waals surface area contributed by atoms with Crippen molar-refractivity contribution in [3.63, 3.8) is 0 Å². The Hall–Kier alpha value is -4.60. The summed E-state index contributed by atoms with van der Waals surface area (Å²) in [4.78, 5) is 40.8. The van der Waals surface area contributed by atoms with Gasteiger partial charge in [-0.2, -0.15) is 0 Å². The van der Waals surface area contributed by atoms with Crippen LogP contribution in [0, 0.1) is 5.82 Å². The molecule has 5 aromatic carbocycles. The molecule has 0 radical (unpaired) electrons. The van der Waals surface area contributed by atoms with Crippen LogP contribution in [0.1, 0.15) is 26.7 Å². The van der Waals surface area contributed by atoms with Gasteiger partial charge in [-0.05, 0) is 66.2 Å². The van der Waals surface area contributed by atoms with Gasteiger partial charge >= 0.3 is 0 Å². The van der Waals surface area contributed by atoms with E-state index in [1.165, 1.54) is 36.0 Å². The third kappa shape index (κ3) is 8.81. The summed E-state index contributed by atoms with van der Waals surface area (Å²) in [7, 11) is 0. The van der Waals surface area contributed by atoms with E-state index in [4.69, 9.17) is 34.8 Å². The Morgan fingerprint density at radius 2 is 1.38 bits per heavy atom. The number of amides is 3. The number of nitrogens with one attached hydrogen (secondary N) is 3. The Bertz CT molecular complexity index is 1940. The lowest BCUT2D eigenvalue weighted by Crippen LogP contribution is -2.30. The summed E-state index contributed by atoms with van der Waals surface area (Å²) in [5, 5.41) is 8.09. The molecule has 6 nitrogen and oxygen atoms in total. The molecular formula is C36H25Cl3FN3O3S. The third-order valence-corrected chi connectivity index (χ3v) is 9.11. The molecule has 0 aliphatic heterocycles. The smallest absolute Gasteiger partial charge is 0.272 e. The first-order valence-corrected chi connectivity index (χ1v) is 16.1. The highest BCUT2D eigenvalue weighted by atomic mass is 35.5. The molecule has 1 unspecified atom stereocenters. The summed E-state index contributed by atoms with van der Waals surface area (Å²) in [5.74, 6) is -2.29. The van der Waals surface area contributed by atoms with Crippen LogP contribution in [-0.4, -0.2) is 17.7 Å². The van der Waals surface area contributed by atoms with Gasteiger partial charge in [0.05, 0.1) is 20.8 Å². The molecule has 0 aliphatic rings. The Balaban J connectivity index is 1.41. The summed E-state index contributed by atoms with van der Waals surface area (Å²) in [6.45, 7) is 0. The van der Waals surface area contributed by atoms with Gasteiger partial charge in [0.1, 0.15) is 16.8 Å².